The number of hydrogen-bond donors (Lipinski definition) is 3. The average molecular weight is 508 g/mol. The van der Waals surface area contributed by atoms with Crippen LogP contribution in [0.15, 0.2) is 42.5 Å². The first-order valence-electron chi connectivity index (χ1n) is 11.2. The molecule has 3 rings (SSSR count). The maximum absolute atomic E-state index is 14.6. The van der Waals surface area contributed by atoms with E-state index in [4.69, 9.17) is 21.1 Å². The normalized spacial score (nSPS) is 13.5. The number of halogens is 2. The summed E-state index contributed by atoms with van der Waals surface area (Å²) < 4.78 is 27.1. The summed E-state index contributed by atoms with van der Waals surface area (Å²) in [6.07, 6.45) is -1.70. The highest BCUT2D eigenvalue weighted by molar-refractivity contribution is 6.18. The maximum atomic E-state index is 14.6. The molecule has 0 aliphatic carbocycles. The van der Waals surface area contributed by atoms with Crippen LogP contribution in [-0.4, -0.2) is 61.6 Å². The fourth-order valence-corrected chi connectivity index (χ4v) is 3.67. The zero-order valence-corrected chi connectivity index (χ0v) is 20.7. The lowest BCUT2D eigenvalue weighted by atomic mass is 9.78. The lowest BCUT2D eigenvalue weighted by Gasteiger charge is -2.27. The first-order chi connectivity index (χ1) is 16.6. The van der Waals surface area contributed by atoms with Gasteiger partial charge in [0.25, 0.3) is 0 Å². The van der Waals surface area contributed by atoms with Crippen molar-refractivity contribution >= 4 is 11.6 Å². The zero-order valence-electron chi connectivity index (χ0n) is 20.0. The van der Waals surface area contributed by atoms with E-state index in [1.165, 1.54) is 10.7 Å². The van der Waals surface area contributed by atoms with Gasteiger partial charge in [-0.2, -0.15) is 0 Å². The second-order valence-corrected chi connectivity index (χ2v) is 9.15. The number of benzene rings is 2. The molecular formula is C25H31ClFN3O5. The van der Waals surface area contributed by atoms with Gasteiger partial charge in [-0.05, 0) is 42.3 Å². The van der Waals surface area contributed by atoms with Gasteiger partial charge in [0.1, 0.15) is 31.2 Å². The summed E-state index contributed by atoms with van der Waals surface area (Å²) in [7, 11) is 0. The van der Waals surface area contributed by atoms with E-state index in [1.807, 2.05) is 26.0 Å². The Morgan fingerprint density at radius 1 is 1.03 bits per heavy atom. The number of ether oxygens (including phenoxy) is 2. The Hall–Kier alpha value is -2.72. The van der Waals surface area contributed by atoms with Crippen molar-refractivity contribution in [2.24, 2.45) is 0 Å². The molecule has 0 saturated heterocycles. The molecule has 35 heavy (non-hydrogen) atoms. The van der Waals surface area contributed by atoms with Crippen LogP contribution in [0.25, 0.3) is 0 Å². The molecule has 0 fully saturated rings. The first-order valence-corrected chi connectivity index (χ1v) is 11.8. The molecule has 0 aliphatic heterocycles. The van der Waals surface area contributed by atoms with E-state index in [1.54, 1.807) is 31.2 Å². The van der Waals surface area contributed by atoms with Crippen molar-refractivity contribution in [2.45, 2.75) is 51.5 Å². The third kappa shape index (κ3) is 6.70. The number of alkyl halides is 1. The molecule has 10 heteroatoms. The Morgan fingerprint density at radius 3 is 2.31 bits per heavy atom. The number of rotatable bonds is 12. The highest BCUT2D eigenvalue weighted by Crippen LogP contribution is 2.34. The Morgan fingerprint density at radius 2 is 1.69 bits per heavy atom. The number of aliphatic hydroxyl groups excluding tert-OH is 3. The molecule has 0 radical (unpaired) electrons. The summed E-state index contributed by atoms with van der Waals surface area (Å²) in [5, 5.41) is 37.0. The minimum atomic E-state index is -0.862. The second kappa shape index (κ2) is 11.8. The van der Waals surface area contributed by atoms with Crippen molar-refractivity contribution in [1.82, 2.24) is 15.0 Å². The molecule has 0 aliphatic rings. The molecule has 1 aromatic heterocycles. The smallest absolute Gasteiger partial charge is 0.165 e. The van der Waals surface area contributed by atoms with E-state index in [2.05, 4.69) is 10.3 Å². The van der Waals surface area contributed by atoms with Crippen molar-refractivity contribution in [1.29, 1.82) is 0 Å². The molecule has 2 unspecified atom stereocenters. The van der Waals surface area contributed by atoms with Crippen LogP contribution in [0, 0.1) is 12.7 Å². The SMILES string of the molecule is Cc1nnn(CC(O)COc2ccc(C(C)(C)c3ccc(OCC(O)CCl)c(F)c3)cc2)c1CO. The molecule has 1 heterocycles. The van der Waals surface area contributed by atoms with Crippen LogP contribution in [0.5, 0.6) is 11.5 Å². The van der Waals surface area contributed by atoms with Gasteiger partial charge in [-0.15, -0.1) is 16.7 Å². The number of aliphatic hydroxyl groups is 3. The van der Waals surface area contributed by atoms with Gasteiger partial charge in [0.2, 0.25) is 0 Å². The highest BCUT2D eigenvalue weighted by Gasteiger charge is 2.25. The van der Waals surface area contributed by atoms with Gasteiger partial charge < -0.3 is 24.8 Å². The molecule has 0 bridgehead atoms. The molecule has 0 saturated carbocycles. The van der Waals surface area contributed by atoms with Crippen LogP contribution in [-0.2, 0) is 18.6 Å². The minimum absolute atomic E-state index is 0.0115. The largest absolute Gasteiger partial charge is 0.491 e. The highest BCUT2D eigenvalue weighted by atomic mass is 35.5. The van der Waals surface area contributed by atoms with E-state index in [0.29, 0.717) is 17.1 Å². The van der Waals surface area contributed by atoms with Gasteiger partial charge in [-0.3, -0.25) is 0 Å². The Labute approximate surface area is 208 Å². The first kappa shape index (κ1) is 26.9. The number of aromatic nitrogens is 3. The van der Waals surface area contributed by atoms with Crippen LogP contribution in [0.3, 0.4) is 0 Å². The Bertz CT molecular complexity index is 1110. The predicted octanol–water partition coefficient (Wildman–Crippen LogP) is 2.96. The molecular weight excluding hydrogens is 477 g/mol. The third-order valence-corrected chi connectivity index (χ3v) is 6.20. The molecule has 2 atom stereocenters. The van der Waals surface area contributed by atoms with E-state index in [-0.39, 0.29) is 38.0 Å². The summed E-state index contributed by atoms with van der Waals surface area (Å²) in [4.78, 5) is 0. The lowest BCUT2D eigenvalue weighted by Crippen LogP contribution is -2.25. The monoisotopic (exact) mass is 507 g/mol. The van der Waals surface area contributed by atoms with Crippen LogP contribution >= 0.6 is 11.6 Å². The topological polar surface area (TPSA) is 110 Å². The van der Waals surface area contributed by atoms with Gasteiger partial charge >= 0.3 is 0 Å². The van der Waals surface area contributed by atoms with Crippen LogP contribution < -0.4 is 9.47 Å². The molecule has 3 N–H and O–H groups in total. The number of aryl methyl sites for hydroxylation is 1. The van der Waals surface area contributed by atoms with Crippen molar-refractivity contribution in [3.8, 4) is 11.5 Å². The van der Waals surface area contributed by atoms with E-state index < -0.39 is 23.4 Å². The fraction of sp³-hybridized carbons (Fsp3) is 0.440. The summed E-state index contributed by atoms with van der Waals surface area (Å²) in [5.41, 5.74) is 2.37. The number of hydrogen-bond acceptors (Lipinski definition) is 7. The van der Waals surface area contributed by atoms with E-state index >= 15 is 0 Å². The molecule has 190 valence electrons. The maximum Gasteiger partial charge on any atom is 0.165 e. The van der Waals surface area contributed by atoms with Gasteiger partial charge in [0.05, 0.1) is 30.4 Å². The summed E-state index contributed by atoms with van der Waals surface area (Å²) in [5.74, 6) is 0.132. The van der Waals surface area contributed by atoms with Crippen molar-refractivity contribution in [3.05, 3.63) is 70.8 Å². The summed E-state index contributed by atoms with van der Waals surface area (Å²) in [6.45, 7) is 5.61. The van der Waals surface area contributed by atoms with Crippen LogP contribution in [0.1, 0.15) is 36.4 Å². The van der Waals surface area contributed by atoms with Gasteiger partial charge in [-0.25, -0.2) is 9.07 Å². The summed E-state index contributed by atoms with van der Waals surface area (Å²) >= 11 is 5.54. The number of nitrogens with zero attached hydrogens (tertiary/aromatic N) is 3. The zero-order chi connectivity index (χ0) is 25.6. The third-order valence-electron chi connectivity index (χ3n) is 5.85. The quantitative estimate of drug-likeness (QED) is 0.323. The molecule has 2 aromatic carbocycles. The van der Waals surface area contributed by atoms with E-state index in [9.17, 15) is 19.7 Å². The van der Waals surface area contributed by atoms with Crippen molar-refractivity contribution in [2.75, 3.05) is 19.1 Å². The second-order valence-electron chi connectivity index (χ2n) is 8.84. The Balaban J connectivity index is 1.61. The molecule has 0 amide bonds. The molecule has 0 spiro atoms. The lowest BCUT2D eigenvalue weighted by molar-refractivity contribution is 0.0866. The molecule has 3 aromatic rings. The van der Waals surface area contributed by atoms with Crippen molar-refractivity contribution < 1.29 is 29.2 Å². The van der Waals surface area contributed by atoms with Gasteiger partial charge in [0, 0.05) is 5.41 Å². The Kier molecular flexibility index (Phi) is 9.07. The van der Waals surface area contributed by atoms with Gasteiger partial charge in [-0.1, -0.05) is 37.3 Å². The summed E-state index contributed by atoms with van der Waals surface area (Å²) in [6, 6.07) is 12.1. The minimum Gasteiger partial charge on any atom is -0.491 e. The van der Waals surface area contributed by atoms with E-state index in [0.717, 1.165) is 11.1 Å². The predicted molar refractivity (Wildman–Crippen MR) is 129 cm³/mol. The average Bonchev–Trinajstić information content (AvgIpc) is 3.20. The standard InChI is InChI=1S/C25H31ClFN3O5/c1-16-23(13-31)30(29-28-16)12-20(33)15-34-21-7-4-17(5-8-21)25(2,3)18-6-9-24(22(27)10-18)35-14-19(32)11-26/h4-10,19-20,31-33H,11-15H2,1-3H3. The fourth-order valence-electron chi connectivity index (χ4n) is 3.58. The van der Waals surface area contributed by atoms with Gasteiger partial charge in [0.15, 0.2) is 11.6 Å². The van der Waals surface area contributed by atoms with Crippen LogP contribution in [0.2, 0.25) is 0 Å². The van der Waals surface area contributed by atoms with Crippen LogP contribution in [0.4, 0.5) is 4.39 Å². The van der Waals surface area contributed by atoms with Crippen molar-refractivity contribution in [3.63, 3.8) is 0 Å². The molecule has 8 nitrogen and oxygen atoms in total.